The number of aromatic nitrogens is 1. The molecule has 2 rings (SSSR count). The van der Waals surface area contributed by atoms with Crippen LogP contribution >= 0.6 is 15.9 Å². The van der Waals surface area contributed by atoms with Gasteiger partial charge in [0.05, 0.1) is 12.2 Å². The van der Waals surface area contributed by atoms with E-state index >= 15 is 0 Å². The SMILES string of the molecule is Cc1ccc(NC(=O)CNCc2ccncc2)c(Br)c1. The molecule has 0 aliphatic carbocycles. The van der Waals surface area contributed by atoms with Crippen LogP contribution in [-0.4, -0.2) is 17.4 Å². The maximum Gasteiger partial charge on any atom is 0.238 e. The lowest BCUT2D eigenvalue weighted by atomic mass is 10.2. The van der Waals surface area contributed by atoms with Gasteiger partial charge in [0, 0.05) is 23.4 Å². The number of carbonyl (C=O) groups excluding carboxylic acids is 1. The van der Waals surface area contributed by atoms with Crippen molar-refractivity contribution in [2.75, 3.05) is 11.9 Å². The minimum absolute atomic E-state index is 0.0661. The Bertz CT molecular complexity index is 587. The number of nitrogens with zero attached hydrogens (tertiary/aromatic N) is 1. The number of anilines is 1. The van der Waals surface area contributed by atoms with E-state index in [1.165, 1.54) is 0 Å². The average molecular weight is 334 g/mol. The van der Waals surface area contributed by atoms with Gasteiger partial charge in [0.25, 0.3) is 0 Å². The van der Waals surface area contributed by atoms with E-state index < -0.39 is 0 Å². The van der Waals surface area contributed by atoms with E-state index in [0.717, 1.165) is 21.3 Å². The quantitative estimate of drug-likeness (QED) is 0.884. The summed E-state index contributed by atoms with van der Waals surface area (Å²) in [5.74, 6) is -0.0661. The Hall–Kier alpha value is -1.72. The number of halogens is 1. The average Bonchev–Trinajstić information content (AvgIpc) is 2.43. The molecule has 0 saturated carbocycles. The first-order valence-corrected chi connectivity index (χ1v) is 7.10. The van der Waals surface area contributed by atoms with Gasteiger partial charge in [0.1, 0.15) is 0 Å². The molecule has 0 aliphatic rings. The molecule has 0 fully saturated rings. The Morgan fingerprint density at radius 1 is 1.25 bits per heavy atom. The summed E-state index contributed by atoms with van der Waals surface area (Å²) in [5, 5.41) is 5.96. The number of nitrogens with one attached hydrogen (secondary N) is 2. The van der Waals surface area contributed by atoms with Crippen LogP contribution in [0.2, 0.25) is 0 Å². The minimum Gasteiger partial charge on any atom is -0.324 e. The van der Waals surface area contributed by atoms with Gasteiger partial charge < -0.3 is 10.6 Å². The molecule has 5 heteroatoms. The monoisotopic (exact) mass is 333 g/mol. The van der Waals surface area contributed by atoms with Crippen molar-refractivity contribution < 1.29 is 4.79 Å². The van der Waals surface area contributed by atoms with Gasteiger partial charge in [-0.2, -0.15) is 0 Å². The number of carbonyl (C=O) groups is 1. The van der Waals surface area contributed by atoms with Crippen molar-refractivity contribution in [2.24, 2.45) is 0 Å². The van der Waals surface area contributed by atoms with E-state index in [4.69, 9.17) is 0 Å². The smallest absolute Gasteiger partial charge is 0.238 e. The molecule has 0 spiro atoms. The van der Waals surface area contributed by atoms with Gasteiger partial charge >= 0.3 is 0 Å². The minimum atomic E-state index is -0.0661. The highest BCUT2D eigenvalue weighted by Crippen LogP contribution is 2.23. The number of hydrogen-bond acceptors (Lipinski definition) is 3. The van der Waals surface area contributed by atoms with Crippen molar-refractivity contribution in [3.05, 3.63) is 58.3 Å². The van der Waals surface area contributed by atoms with E-state index in [0.29, 0.717) is 6.54 Å². The van der Waals surface area contributed by atoms with Gasteiger partial charge in [-0.25, -0.2) is 0 Å². The van der Waals surface area contributed by atoms with Crippen molar-refractivity contribution in [2.45, 2.75) is 13.5 Å². The van der Waals surface area contributed by atoms with Crippen LogP contribution in [0.25, 0.3) is 0 Å². The standard InChI is InChI=1S/C15H16BrN3O/c1-11-2-3-14(13(16)8-11)19-15(20)10-18-9-12-4-6-17-7-5-12/h2-8,18H,9-10H2,1H3,(H,19,20). The highest BCUT2D eigenvalue weighted by atomic mass is 79.9. The molecule has 104 valence electrons. The van der Waals surface area contributed by atoms with Crippen LogP contribution in [0.1, 0.15) is 11.1 Å². The molecule has 1 heterocycles. The van der Waals surface area contributed by atoms with E-state index in [-0.39, 0.29) is 12.5 Å². The Morgan fingerprint density at radius 2 is 2.00 bits per heavy atom. The summed E-state index contributed by atoms with van der Waals surface area (Å²) in [6.07, 6.45) is 3.47. The van der Waals surface area contributed by atoms with Crippen LogP contribution in [0.4, 0.5) is 5.69 Å². The first kappa shape index (κ1) is 14.7. The first-order chi connectivity index (χ1) is 9.65. The molecule has 2 aromatic rings. The Morgan fingerprint density at radius 3 is 2.70 bits per heavy atom. The molecular weight excluding hydrogens is 318 g/mol. The molecule has 1 amide bonds. The van der Waals surface area contributed by atoms with Gasteiger partial charge in [-0.1, -0.05) is 6.07 Å². The fourth-order valence-electron chi connectivity index (χ4n) is 1.74. The molecule has 4 nitrogen and oxygen atoms in total. The predicted molar refractivity (Wildman–Crippen MR) is 83.5 cm³/mol. The Labute approximate surface area is 126 Å². The maximum absolute atomic E-state index is 11.8. The van der Waals surface area contributed by atoms with Crippen LogP contribution in [0.15, 0.2) is 47.2 Å². The van der Waals surface area contributed by atoms with Crippen LogP contribution in [0.5, 0.6) is 0 Å². The second-order valence-corrected chi connectivity index (χ2v) is 5.34. The zero-order valence-corrected chi connectivity index (χ0v) is 12.8. The largest absolute Gasteiger partial charge is 0.324 e. The number of benzene rings is 1. The van der Waals surface area contributed by atoms with Crippen LogP contribution in [-0.2, 0) is 11.3 Å². The zero-order chi connectivity index (χ0) is 14.4. The normalized spacial score (nSPS) is 10.3. The molecule has 1 aromatic carbocycles. The summed E-state index contributed by atoms with van der Waals surface area (Å²) in [7, 11) is 0. The van der Waals surface area contributed by atoms with Gasteiger partial charge in [-0.3, -0.25) is 9.78 Å². The summed E-state index contributed by atoms with van der Waals surface area (Å²) >= 11 is 3.44. The summed E-state index contributed by atoms with van der Waals surface area (Å²) in [5.41, 5.74) is 3.03. The second-order valence-electron chi connectivity index (χ2n) is 4.49. The number of rotatable bonds is 5. The lowest BCUT2D eigenvalue weighted by Crippen LogP contribution is -2.27. The molecule has 2 N–H and O–H groups in total. The van der Waals surface area contributed by atoms with Crippen molar-refractivity contribution in [1.29, 1.82) is 0 Å². The van der Waals surface area contributed by atoms with Crippen molar-refractivity contribution in [1.82, 2.24) is 10.3 Å². The highest BCUT2D eigenvalue weighted by Gasteiger charge is 2.05. The molecule has 1 aromatic heterocycles. The third kappa shape index (κ3) is 4.43. The summed E-state index contributed by atoms with van der Waals surface area (Å²) in [6.45, 7) is 2.92. The van der Waals surface area contributed by atoms with Crippen LogP contribution in [0.3, 0.4) is 0 Å². The predicted octanol–water partition coefficient (Wildman–Crippen LogP) is 2.88. The summed E-state index contributed by atoms with van der Waals surface area (Å²) in [6, 6.07) is 9.66. The molecule has 0 atom stereocenters. The lowest BCUT2D eigenvalue weighted by molar-refractivity contribution is -0.115. The van der Waals surface area contributed by atoms with Gasteiger partial charge in [0.15, 0.2) is 0 Å². The number of aryl methyl sites for hydroxylation is 1. The Kier molecular flexibility index (Phi) is 5.26. The fourth-order valence-corrected chi connectivity index (χ4v) is 2.33. The third-order valence-electron chi connectivity index (χ3n) is 2.76. The topological polar surface area (TPSA) is 54.0 Å². The van der Waals surface area contributed by atoms with Gasteiger partial charge in [0.2, 0.25) is 5.91 Å². The molecule has 0 saturated heterocycles. The van der Waals surface area contributed by atoms with E-state index in [1.54, 1.807) is 12.4 Å². The lowest BCUT2D eigenvalue weighted by Gasteiger charge is -2.09. The molecule has 0 unspecified atom stereocenters. The number of pyridine rings is 1. The van der Waals surface area contributed by atoms with Gasteiger partial charge in [-0.15, -0.1) is 0 Å². The van der Waals surface area contributed by atoms with Gasteiger partial charge in [-0.05, 0) is 58.2 Å². The van der Waals surface area contributed by atoms with E-state index in [2.05, 4.69) is 31.5 Å². The molecule has 20 heavy (non-hydrogen) atoms. The molecule has 0 bridgehead atoms. The fraction of sp³-hybridized carbons (Fsp3) is 0.200. The maximum atomic E-state index is 11.8. The molecule has 0 radical (unpaired) electrons. The third-order valence-corrected chi connectivity index (χ3v) is 3.42. The Balaban J connectivity index is 1.81. The van der Waals surface area contributed by atoms with Crippen molar-refractivity contribution >= 4 is 27.5 Å². The zero-order valence-electron chi connectivity index (χ0n) is 11.2. The van der Waals surface area contributed by atoms with Crippen LogP contribution < -0.4 is 10.6 Å². The van der Waals surface area contributed by atoms with Crippen molar-refractivity contribution in [3.63, 3.8) is 0 Å². The summed E-state index contributed by atoms with van der Waals surface area (Å²) in [4.78, 5) is 15.8. The van der Waals surface area contributed by atoms with E-state index in [1.807, 2.05) is 37.3 Å². The van der Waals surface area contributed by atoms with E-state index in [9.17, 15) is 4.79 Å². The highest BCUT2D eigenvalue weighted by molar-refractivity contribution is 9.10. The summed E-state index contributed by atoms with van der Waals surface area (Å²) < 4.78 is 0.889. The first-order valence-electron chi connectivity index (χ1n) is 6.31. The van der Waals surface area contributed by atoms with Crippen LogP contribution in [0, 0.1) is 6.92 Å². The number of hydrogen-bond donors (Lipinski definition) is 2. The van der Waals surface area contributed by atoms with Crippen molar-refractivity contribution in [3.8, 4) is 0 Å². The number of amides is 1. The molecular formula is C15H16BrN3O. The second kappa shape index (κ2) is 7.17. The molecule has 0 aliphatic heterocycles.